The van der Waals surface area contributed by atoms with Gasteiger partial charge in [0.15, 0.2) is 11.7 Å². The molecule has 0 aliphatic carbocycles. The van der Waals surface area contributed by atoms with Gasteiger partial charge in [-0.2, -0.15) is 0 Å². The van der Waals surface area contributed by atoms with Crippen LogP contribution in [0.2, 0.25) is 0 Å². The molecule has 0 radical (unpaired) electrons. The molecule has 1 aromatic heterocycles. The predicted molar refractivity (Wildman–Crippen MR) is 73.7 cm³/mol. The van der Waals surface area contributed by atoms with E-state index in [1.54, 1.807) is 6.20 Å². The van der Waals surface area contributed by atoms with Crippen LogP contribution in [-0.2, 0) is 0 Å². The Labute approximate surface area is 111 Å². The fourth-order valence-electron chi connectivity index (χ4n) is 1.73. The maximum absolute atomic E-state index is 8.58. The first kappa shape index (κ1) is 12.8. The standard InChI is InChI=1S/C13H15N5O/c1-2-18(10-6-4-3-5-7-10)12-9-15-11(8-16-12)13(14)17-19/h3-9,19H,2H2,1H3,(H2,14,17). The van der Waals surface area contributed by atoms with Gasteiger partial charge in [0.1, 0.15) is 5.69 Å². The van der Waals surface area contributed by atoms with E-state index in [1.165, 1.54) is 6.20 Å². The van der Waals surface area contributed by atoms with Gasteiger partial charge in [-0.25, -0.2) is 9.97 Å². The molecule has 0 bridgehead atoms. The molecule has 19 heavy (non-hydrogen) atoms. The molecule has 1 aromatic carbocycles. The molecule has 0 aliphatic heterocycles. The van der Waals surface area contributed by atoms with E-state index in [0.29, 0.717) is 11.5 Å². The van der Waals surface area contributed by atoms with Gasteiger partial charge in [-0.1, -0.05) is 23.4 Å². The molecule has 3 N–H and O–H groups in total. The van der Waals surface area contributed by atoms with Crippen molar-refractivity contribution in [1.82, 2.24) is 9.97 Å². The first-order valence-electron chi connectivity index (χ1n) is 5.88. The predicted octanol–water partition coefficient (Wildman–Crippen LogP) is 1.73. The van der Waals surface area contributed by atoms with Crippen molar-refractivity contribution in [3.8, 4) is 0 Å². The molecular weight excluding hydrogens is 242 g/mol. The molecule has 98 valence electrons. The summed E-state index contributed by atoms with van der Waals surface area (Å²) in [5.41, 5.74) is 6.83. The summed E-state index contributed by atoms with van der Waals surface area (Å²) in [6.07, 6.45) is 3.08. The number of aromatic nitrogens is 2. The van der Waals surface area contributed by atoms with Crippen molar-refractivity contribution in [2.75, 3.05) is 11.4 Å². The lowest BCUT2D eigenvalue weighted by Gasteiger charge is -2.21. The van der Waals surface area contributed by atoms with E-state index in [2.05, 4.69) is 15.1 Å². The summed E-state index contributed by atoms with van der Waals surface area (Å²) in [5, 5.41) is 11.5. The highest BCUT2D eigenvalue weighted by atomic mass is 16.4. The monoisotopic (exact) mass is 257 g/mol. The maximum atomic E-state index is 8.58. The zero-order valence-corrected chi connectivity index (χ0v) is 10.6. The molecule has 0 spiro atoms. The summed E-state index contributed by atoms with van der Waals surface area (Å²) < 4.78 is 0. The molecule has 0 unspecified atom stereocenters. The number of anilines is 2. The molecule has 0 saturated carbocycles. The van der Waals surface area contributed by atoms with Gasteiger partial charge in [0, 0.05) is 12.2 Å². The number of oxime groups is 1. The molecular formula is C13H15N5O. The molecule has 2 aromatic rings. The Morgan fingerprint density at radius 3 is 2.53 bits per heavy atom. The van der Waals surface area contributed by atoms with E-state index >= 15 is 0 Å². The van der Waals surface area contributed by atoms with Crippen LogP contribution in [0.25, 0.3) is 0 Å². The maximum Gasteiger partial charge on any atom is 0.190 e. The zero-order valence-electron chi connectivity index (χ0n) is 10.6. The van der Waals surface area contributed by atoms with Crippen LogP contribution in [0.3, 0.4) is 0 Å². The second-order valence-electron chi connectivity index (χ2n) is 3.82. The molecule has 0 saturated heterocycles. The number of nitrogens with zero attached hydrogens (tertiary/aromatic N) is 4. The third kappa shape index (κ3) is 2.79. The van der Waals surface area contributed by atoms with E-state index in [1.807, 2.05) is 42.2 Å². The zero-order chi connectivity index (χ0) is 13.7. The number of rotatable bonds is 4. The van der Waals surface area contributed by atoms with Crippen LogP contribution < -0.4 is 10.6 Å². The van der Waals surface area contributed by atoms with E-state index < -0.39 is 0 Å². The Hall–Kier alpha value is -2.63. The van der Waals surface area contributed by atoms with Crippen LogP contribution in [0.15, 0.2) is 47.9 Å². The van der Waals surface area contributed by atoms with E-state index in [-0.39, 0.29) is 5.84 Å². The second kappa shape index (κ2) is 5.81. The van der Waals surface area contributed by atoms with Crippen molar-refractivity contribution in [3.63, 3.8) is 0 Å². The average molecular weight is 257 g/mol. The third-order valence-corrected chi connectivity index (χ3v) is 2.67. The van der Waals surface area contributed by atoms with Crippen LogP contribution in [0.1, 0.15) is 12.6 Å². The quantitative estimate of drug-likeness (QED) is 0.377. The molecule has 0 atom stereocenters. The Morgan fingerprint density at radius 2 is 2.00 bits per heavy atom. The topological polar surface area (TPSA) is 87.6 Å². The summed E-state index contributed by atoms with van der Waals surface area (Å²) in [7, 11) is 0. The van der Waals surface area contributed by atoms with Gasteiger partial charge >= 0.3 is 0 Å². The summed E-state index contributed by atoms with van der Waals surface area (Å²) in [6.45, 7) is 2.80. The van der Waals surface area contributed by atoms with Gasteiger partial charge in [0.05, 0.1) is 12.4 Å². The highest BCUT2D eigenvalue weighted by Gasteiger charge is 2.09. The number of benzene rings is 1. The number of hydrogen-bond acceptors (Lipinski definition) is 5. The summed E-state index contributed by atoms with van der Waals surface area (Å²) in [4.78, 5) is 10.4. The summed E-state index contributed by atoms with van der Waals surface area (Å²) >= 11 is 0. The van der Waals surface area contributed by atoms with Crippen LogP contribution in [0.5, 0.6) is 0 Å². The van der Waals surface area contributed by atoms with E-state index in [4.69, 9.17) is 10.9 Å². The lowest BCUT2D eigenvalue weighted by molar-refractivity contribution is 0.318. The van der Waals surface area contributed by atoms with Gasteiger partial charge in [-0.3, -0.25) is 0 Å². The van der Waals surface area contributed by atoms with Crippen LogP contribution in [0, 0.1) is 0 Å². The smallest absolute Gasteiger partial charge is 0.190 e. The molecule has 6 nitrogen and oxygen atoms in total. The van der Waals surface area contributed by atoms with Crippen LogP contribution in [0.4, 0.5) is 11.5 Å². The lowest BCUT2D eigenvalue weighted by Crippen LogP contribution is -2.19. The minimum Gasteiger partial charge on any atom is -0.409 e. The molecule has 0 amide bonds. The number of para-hydroxylation sites is 1. The second-order valence-corrected chi connectivity index (χ2v) is 3.82. The number of hydrogen-bond donors (Lipinski definition) is 2. The van der Waals surface area contributed by atoms with Crippen LogP contribution in [-0.4, -0.2) is 27.6 Å². The highest BCUT2D eigenvalue weighted by Crippen LogP contribution is 2.21. The Morgan fingerprint density at radius 1 is 1.26 bits per heavy atom. The lowest BCUT2D eigenvalue weighted by atomic mass is 10.3. The number of amidine groups is 1. The Balaban J connectivity index is 2.30. The Bertz CT molecular complexity index is 553. The first-order valence-corrected chi connectivity index (χ1v) is 5.88. The minimum atomic E-state index is -0.0539. The molecule has 6 heteroatoms. The van der Waals surface area contributed by atoms with Crippen molar-refractivity contribution < 1.29 is 5.21 Å². The highest BCUT2D eigenvalue weighted by molar-refractivity contribution is 5.94. The normalized spacial score (nSPS) is 11.3. The average Bonchev–Trinajstić information content (AvgIpc) is 2.49. The Kier molecular flexibility index (Phi) is 3.92. The largest absolute Gasteiger partial charge is 0.409 e. The van der Waals surface area contributed by atoms with Gasteiger partial charge in [0.25, 0.3) is 0 Å². The third-order valence-electron chi connectivity index (χ3n) is 2.67. The summed E-state index contributed by atoms with van der Waals surface area (Å²) in [5.74, 6) is 0.657. The van der Waals surface area contributed by atoms with Gasteiger partial charge in [-0.15, -0.1) is 0 Å². The summed E-state index contributed by atoms with van der Waals surface area (Å²) in [6, 6.07) is 9.90. The van der Waals surface area contributed by atoms with Crippen molar-refractivity contribution in [1.29, 1.82) is 0 Å². The van der Waals surface area contributed by atoms with Gasteiger partial charge < -0.3 is 15.8 Å². The van der Waals surface area contributed by atoms with Gasteiger partial charge in [0.2, 0.25) is 0 Å². The molecule has 0 aliphatic rings. The van der Waals surface area contributed by atoms with Crippen molar-refractivity contribution in [3.05, 3.63) is 48.4 Å². The molecule has 1 heterocycles. The number of nitrogens with two attached hydrogens (primary N) is 1. The first-order chi connectivity index (χ1) is 9.26. The fraction of sp³-hybridized carbons (Fsp3) is 0.154. The molecule has 2 rings (SSSR count). The van der Waals surface area contributed by atoms with Crippen molar-refractivity contribution in [2.24, 2.45) is 10.9 Å². The van der Waals surface area contributed by atoms with Crippen molar-refractivity contribution >= 4 is 17.3 Å². The molecule has 0 fully saturated rings. The van der Waals surface area contributed by atoms with Crippen LogP contribution >= 0.6 is 0 Å². The minimum absolute atomic E-state index is 0.0539. The van der Waals surface area contributed by atoms with Crippen molar-refractivity contribution in [2.45, 2.75) is 6.92 Å². The fourth-order valence-corrected chi connectivity index (χ4v) is 1.73. The van der Waals surface area contributed by atoms with E-state index in [9.17, 15) is 0 Å². The van der Waals surface area contributed by atoms with Gasteiger partial charge in [-0.05, 0) is 19.1 Å². The van der Waals surface area contributed by atoms with E-state index in [0.717, 1.165) is 12.2 Å². The SMILES string of the molecule is CCN(c1ccccc1)c1cnc(C(N)=NO)cn1.